The Kier molecular flexibility index (Phi) is 4.88. The standard InChI is InChI=1S/C7H12O2/c1-3-4-5-7(2)9-6-8/h3,6-7H,1,4-5H2,2H3. The highest BCUT2D eigenvalue weighted by atomic mass is 16.5. The Morgan fingerprint density at radius 1 is 1.78 bits per heavy atom. The second kappa shape index (κ2) is 5.35. The average molecular weight is 128 g/mol. The number of hydrogen-bond acceptors (Lipinski definition) is 2. The molecule has 0 rings (SSSR count). The van der Waals surface area contributed by atoms with E-state index in [9.17, 15) is 4.79 Å². The van der Waals surface area contributed by atoms with E-state index in [1.165, 1.54) is 0 Å². The highest BCUT2D eigenvalue weighted by molar-refractivity contribution is 5.37. The normalized spacial score (nSPS) is 12.1. The summed E-state index contributed by atoms with van der Waals surface area (Å²) < 4.78 is 4.62. The van der Waals surface area contributed by atoms with E-state index in [4.69, 9.17) is 0 Å². The summed E-state index contributed by atoms with van der Waals surface area (Å²) in [5.41, 5.74) is 0. The molecule has 0 N–H and O–H groups in total. The summed E-state index contributed by atoms with van der Waals surface area (Å²) in [6, 6.07) is 0. The topological polar surface area (TPSA) is 26.3 Å². The van der Waals surface area contributed by atoms with Gasteiger partial charge in [0.2, 0.25) is 0 Å². The Hall–Kier alpha value is -0.790. The highest BCUT2D eigenvalue weighted by Gasteiger charge is 1.96. The molecule has 0 aromatic rings. The SMILES string of the molecule is C=CCCC(C)OC=O. The Morgan fingerprint density at radius 2 is 2.44 bits per heavy atom. The summed E-state index contributed by atoms with van der Waals surface area (Å²) in [4.78, 5) is 9.73. The first-order valence-electron chi connectivity index (χ1n) is 3.01. The molecule has 0 aromatic carbocycles. The molecule has 1 atom stereocenters. The maximum atomic E-state index is 9.73. The lowest BCUT2D eigenvalue weighted by molar-refractivity contribution is -0.132. The third-order valence-corrected chi connectivity index (χ3v) is 1.07. The van der Waals surface area contributed by atoms with Crippen molar-refractivity contribution >= 4 is 6.47 Å². The van der Waals surface area contributed by atoms with Gasteiger partial charge in [-0.05, 0) is 19.8 Å². The monoisotopic (exact) mass is 128 g/mol. The second-order valence-corrected chi connectivity index (χ2v) is 1.91. The molecule has 52 valence electrons. The number of hydrogen-bond donors (Lipinski definition) is 0. The lowest BCUT2D eigenvalue weighted by atomic mass is 10.2. The van der Waals surface area contributed by atoms with Gasteiger partial charge in [-0.15, -0.1) is 6.58 Å². The molecule has 2 nitrogen and oxygen atoms in total. The van der Waals surface area contributed by atoms with Gasteiger partial charge in [0.05, 0.1) is 6.10 Å². The van der Waals surface area contributed by atoms with Crippen LogP contribution in [0.3, 0.4) is 0 Å². The minimum atomic E-state index is 0.0282. The number of carbonyl (C=O) groups excluding carboxylic acids is 1. The van der Waals surface area contributed by atoms with E-state index in [-0.39, 0.29) is 6.10 Å². The fraction of sp³-hybridized carbons (Fsp3) is 0.571. The van der Waals surface area contributed by atoms with Crippen LogP contribution in [0.25, 0.3) is 0 Å². The molecule has 9 heavy (non-hydrogen) atoms. The Morgan fingerprint density at radius 3 is 2.89 bits per heavy atom. The predicted molar refractivity (Wildman–Crippen MR) is 36.0 cm³/mol. The molecule has 0 saturated carbocycles. The largest absolute Gasteiger partial charge is 0.465 e. The van der Waals surface area contributed by atoms with Crippen molar-refractivity contribution in [2.24, 2.45) is 0 Å². The van der Waals surface area contributed by atoms with E-state index in [2.05, 4.69) is 11.3 Å². The molecule has 0 aliphatic carbocycles. The zero-order chi connectivity index (χ0) is 7.11. The van der Waals surface area contributed by atoms with E-state index >= 15 is 0 Å². The summed E-state index contributed by atoms with van der Waals surface area (Å²) in [6.07, 6.45) is 3.60. The lowest BCUT2D eigenvalue weighted by Gasteiger charge is -2.05. The summed E-state index contributed by atoms with van der Waals surface area (Å²) in [5.74, 6) is 0. The van der Waals surface area contributed by atoms with Crippen LogP contribution in [0.5, 0.6) is 0 Å². The van der Waals surface area contributed by atoms with E-state index in [0.717, 1.165) is 12.8 Å². The summed E-state index contributed by atoms with van der Waals surface area (Å²) in [5, 5.41) is 0. The molecule has 1 unspecified atom stereocenters. The first-order valence-corrected chi connectivity index (χ1v) is 3.01. The minimum Gasteiger partial charge on any atom is -0.465 e. The molecule has 0 bridgehead atoms. The van der Waals surface area contributed by atoms with Crippen molar-refractivity contribution in [3.05, 3.63) is 12.7 Å². The molecule has 0 heterocycles. The van der Waals surface area contributed by atoms with Crippen LogP contribution in [0.15, 0.2) is 12.7 Å². The van der Waals surface area contributed by atoms with Gasteiger partial charge in [0.1, 0.15) is 0 Å². The second-order valence-electron chi connectivity index (χ2n) is 1.91. The van der Waals surface area contributed by atoms with Crippen LogP contribution in [-0.2, 0) is 9.53 Å². The first-order chi connectivity index (χ1) is 4.31. The van der Waals surface area contributed by atoms with Crippen molar-refractivity contribution in [3.8, 4) is 0 Å². The van der Waals surface area contributed by atoms with Crippen molar-refractivity contribution in [1.29, 1.82) is 0 Å². The molecule has 2 heteroatoms. The van der Waals surface area contributed by atoms with Crippen molar-refractivity contribution in [2.75, 3.05) is 0 Å². The molecule has 0 radical (unpaired) electrons. The summed E-state index contributed by atoms with van der Waals surface area (Å²) >= 11 is 0. The van der Waals surface area contributed by atoms with Crippen molar-refractivity contribution < 1.29 is 9.53 Å². The third kappa shape index (κ3) is 5.07. The fourth-order valence-corrected chi connectivity index (χ4v) is 0.515. The molecule has 0 saturated heterocycles. The minimum absolute atomic E-state index is 0.0282. The zero-order valence-corrected chi connectivity index (χ0v) is 5.67. The van der Waals surface area contributed by atoms with Gasteiger partial charge in [-0.3, -0.25) is 4.79 Å². The zero-order valence-electron chi connectivity index (χ0n) is 5.67. The molecule has 0 aliphatic rings. The fourth-order valence-electron chi connectivity index (χ4n) is 0.515. The van der Waals surface area contributed by atoms with Gasteiger partial charge in [0.15, 0.2) is 0 Å². The van der Waals surface area contributed by atoms with E-state index < -0.39 is 0 Å². The maximum Gasteiger partial charge on any atom is 0.293 e. The number of ether oxygens (including phenoxy) is 1. The van der Waals surface area contributed by atoms with E-state index in [0.29, 0.717) is 6.47 Å². The Balaban J connectivity index is 3.14. The van der Waals surface area contributed by atoms with Gasteiger partial charge >= 0.3 is 0 Å². The van der Waals surface area contributed by atoms with E-state index in [1.54, 1.807) is 0 Å². The third-order valence-electron chi connectivity index (χ3n) is 1.07. The Bertz CT molecular complexity index is 88.9. The van der Waals surface area contributed by atoms with Crippen LogP contribution in [-0.4, -0.2) is 12.6 Å². The van der Waals surface area contributed by atoms with Crippen LogP contribution in [0.1, 0.15) is 19.8 Å². The van der Waals surface area contributed by atoms with Crippen LogP contribution >= 0.6 is 0 Å². The van der Waals surface area contributed by atoms with Crippen molar-refractivity contribution in [3.63, 3.8) is 0 Å². The average Bonchev–Trinajstić information content (AvgIpc) is 1.85. The maximum absolute atomic E-state index is 9.73. The van der Waals surface area contributed by atoms with Gasteiger partial charge < -0.3 is 4.74 Å². The van der Waals surface area contributed by atoms with Gasteiger partial charge in [-0.25, -0.2) is 0 Å². The van der Waals surface area contributed by atoms with Crippen molar-refractivity contribution in [1.82, 2.24) is 0 Å². The Labute approximate surface area is 55.5 Å². The van der Waals surface area contributed by atoms with Gasteiger partial charge in [-0.1, -0.05) is 6.08 Å². The van der Waals surface area contributed by atoms with Crippen LogP contribution < -0.4 is 0 Å². The lowest BCUT2D eigenvalue weighted by Crippen LogP contribution is -2.05. The van der Waals surface area contributed by atoms with Crippen molar-refractivity contribution in [2.45, 2.75) is 25.9 Å². The highest BCUT2D eigenvalue weighted by Crippen LogP contribution is 1.99. The van der Waals surface area contributed by atoms with Crippen LogP contribution in [0, 0.1) is 0 Å². The molecular weight excluding hydrogens is 116 g/mol. The first kappa shape index (κ1) is 8.21. The molecule has 0 aliphatic heterocycles. The number of allylic oxidation sites excluding steroid dienone is 1. The molecule has 0 fully saturated rings. The van der Waals surface area contributed by atoms with Gasteiger partial charge in [-0.2, -0.15) is 0 Å². The van der Waals surface area contributed by atoms with Crippen LogP contribution in [0.2, 0.25) is 0 Å². The van der Waals surface area contributed by atoms with E-state index in [1.807, 2.05) is 13.0 Å². The summed E-state index contributed by atoms with van der Waals surface area (Å²) in [6.45, 7) is 5.89. The number of carbonyl (C=O) groups is 1. The summed E-state index contributed by atoms with van der Waals surface area (Å²) in [7, 11) is 0. The number of rotatable bonds is 5. The van der Waals surface area contributed by atoms with Crippen LogP contribution in [0.4, 0.5) is 0 Å². The molecular formula is C7H12O2. The van der Waals surface area contributed by atoms with Gasteiger partial charge in [0, 0.05) is 0 Å². The molecule has 0 spiro atoms. The smallest absolute Gasteiger partial charge is 0.293 e. The van der Waals surface area contributed by atoms with Gasteiger partial charge in [0.25, 0.3) is 6.47 Å². The molecule has 0 aromatic heterocycles. The quantitative estimate of drug-likeness (QED) is 0.414. The molecule has 0 amide bonds. The predicted octanol–water partition coefficient (Wildman–Crippen LogP) is 1.51.